The fraction of sp³-hybridized carbons (Fsp3) is 0.400. The van der Waals surface area contributed by atoms with Gasteiger partial charge in [0, 0.05) is 23.7 Å². The molecule has 2 aromatic rings. The Bertz CT molecular complexity index is 614. The van der Waals surface area contributed by atoms with Gasteiger partial charge in [0.25, 0.3) is 0 Å². The maximum absolute atomic E-state index is 6.09. The summed E-state index contributed by atoms with van der Waals surface area (Å²) in [6.45, 7) is 2.76. The Morgan fingerprint density at radius 3 is 2.85 bits per heavy atom. The van der Waals surface area contributed by atoms with Crippen molar-refractivity contribution in [3.63, 3.8) is 0 Å². The third-order valence-electron chi connectivity index (χ3n) is 3.14. The molecule has 1 saturated carbocycles. The Balaban J connectivity index is 1.91. The normalized spacial score (nSPS) is 14.3. The lowest BCUT2D eigenvalue weighted by Gasteiger charge is -2.07. The zero-order valence-corrected chi connectivity index (χ0v) is 12.1. The molecule has 0 radical (unpaired) electrons. The molecule has 0 aromatic carbocycles. The largest absolute Gasteiger partial charge is 0.492 e. The molecule has 5 heteroatoms. The molecule has 2 aromatic heterocycles. The minimum absolute atomic E-state index is 0.472. The number of halogens is 1. The van der Waals surface area contributed by atoms with E-state index in [1.54, 1.807) is 18.5 Å². The van der Waals surface area contributed by atoms with Gasteiger partial charge in [-0.05, 0) is 25.3 Å². The van der Waals surface area contributed by atoms with E-state index in [2.05, 4.69) is 21.9 Å². The number of pyridine rings is 1. The van der Waals surface area contributed by atoms with E-state index in [0.717, 1.165) is 42.1 Å². The highest BCUT2D eigenvalue weighted by atomic mass is 35.5. The molecular weight excluding hydrogens is 274 g/mol. The third-order valence-corrected chi connectivity index (χ3v) is 3.33. The minimum Gasteiger partial charge on any atom is -0.492 e. The first kappa shape index (κ1) is 13.3. The Hall–Kier alpha value is -1.68. The zero-order chi connectivity index (χ0) is 13.9. The van der Waals surface area contributed by atoms with E-state index in [9.17, 15) is 0 Å². The SMILES string of the molecule is CCCOc1cncc(-c2cc(Cl)nc(C3CC3)n2)c1. The fourth-order valence-corrected chi connectivity index (χ4v) is 2.15. The summed E-state index contributed by atoms with van der Waals surface area (Å²) in [7, 11) is 0. The van der Waals surface area contributed by atoms with E-state index in [4.69, 9.17) is 16.3 Å². The van der Waals surface area contributed by atoms with Crippen molar-refractivity contribution in [1.82, 2.24) is 15.0 Å². The van der Waals surface area contributed by atoms with Gasteiger partial charge < -0.3 is 4.74 Å². The standard InChI is InChI=1S/C15H16ClN3O/c1-2-5-20-12-6-11(8-17-9-12)13-7-14(16)19-15(18-13)10-3-4-10/h6-10H,2-5H2,1H3. The van der Waals surface area contributed by atoms with Gasteiger partial charge in [0.1, 0.15) is 16.7 Å². The molecule has 20 heavy (non-hydrogen) atoms. The second kappa shape index (κ2) is 5.75. The van der Waals surface area contributed by atoms with E-state index < -0.39 is 0 Å². The summed E-state index contributed by atoms with van der Waals surface area (Å²) in [6, 6.07) is 3.71. The number of nitrogens with zero attached hydrogens (tertiary/aromatic N) is 3. The van der Waals surface area contributed by atoms with Crippen molar-refractivity contribution in [2.75, 3.05) is 6.61 Å². The highest BCUT2D eigenvalue weighted by molar-refractivity contribution is 6.29. The molecule has 0 atom stereocenters. The molecule has 3 rings (SSSR count). The molecule has 0 N–H and O–H groups in total. The van der Waals surface area contributed by atoms with Crippen LogP contribution < -0.4 is 4.74 Å². The van der Waals surface area contributed by atoms with Gasteiger partial charge in [0.05, 0.1) is 18.5 Å². The summed E-state index contributed by atoms with van der Waals surface area (Å²) in [5.74, 6) is 2.07. The van der Waals surface area contributed by atoms with Crippen molar-refractivity contribution in [2.45, 2.75) is 32.1 Å². The van der Waals surface area contributed by atoms with Gasteiger partial charge in [0.2, 0.25) is 0 Å². The van der Waals surface area contributed by atoms with Gasteiger partial charge in [-0.2, -0.15) is 0 Å². The van der Waals surface area contributed by atoms with Crippen LogP contribution in [0.15, 0.2) is 24.5 Å². The summed E-state index contributed by atoms with van der Waals surface area (Å²) in [5, 5.41) is 0.483. The molecule has 0 amide bonds. The molecule has 1 aliphatic carbocycles. The van der Waals surface area contributed by atoms with Gasteiger partial charge >= 0.3 is 0 Å². The van der Waals surface area contributed by atoms with Crippen LogP contribution in [0, 0.1) is 0 Å². The lowest BCUT2D eigenvalue weighted by atomic mass is 10.2. The van der Waals surface area contributed by atoms with Gasteiger partial charge in [-0.1, -0.05) is 18.5 Å². The molecule has 104 valence electrons. The average molecular weight is 290 g/mol. The van der Waals surface area contributed by atoms with Crippen LogP contribution in [0.5, 0.6) is 5.75 Å². The summed E-state index contributed by atoms with van der Waals surface area (Å²) in [4.78, 5) is 13.1. The molecule has 1 aliphatic rings. The second-order valence-electron chi connectivity index (χ2n) is 4.97. The molecule has 2 heterocycles. The van der Waals surface area contributed by atoms with E-state index in [-0.39, 0.29) is 0 Å². The lowest BCUT2D eigenvalue weighted by molar-refractivity contribution is 0.316. The number of rotatable bonds is 5. The van der Waals surface area contributed by atoms with Crippen LogP contribution in [0.4, 0.5) is 0 Å². The first-order chi connectivity index (χ1) is 9.76. The van der Waals surface area contributed by atoms with E-state index in [1.807, 2.05) is 6.07 Å². The monoisotopic (exact) mass is 289 g/mol. The molecular formula is C15H16ClN3O. The summed E-state index contributed by atoms with van der Waals surface area (Å²) >= 11 is 6.09. The van der Waals surface area contributed by atoms with E-state index in [0.29, 0.717) is 17.7 Å². The first-order valence-electron chi connectivity index (χ1n) is 6.89. The Morgan fingerprint density at radius 2 is 2.10 bits per heavy atom. The number of aromatic nitrogens is 3. The summed E-state index contributed by atoms with van der Waals surface area (Å²) in [6.07, 6.45) is 6.75. The van der Waals surface area contributed by atoms with Crippen LogP contribution >= 0.6 is 11.6 Å². The smallest absolute Gasteiger partial charge is 0.138 e. The molecule has 0 saturated heterocycles. The molecule has 0 aliphatic heterocycles. The number of ether oxygens (including phenoxy) is 1. The summed E-state index contributed by atoms with van der Waals surface area (Å²) in [5.41, 5.74) is 1.71. The van der Waals surface area contributed by atoms with Crippen molar-refractivity contribution in [3.8, 4) is 17.0 Å². The fourth-order valence-electron chi connectivity index (χ4n) is 1.96. The molecule has 0 spiro atoms. The predicted molar refractivity (Wildman–Crippen MR) is 78.0 cm³/mol. The highest BCUT2D eigenvalue weighted by Gasteiger charge is 2.27. The van der Waals surface area contributed by atoms with Crippen molar-refractivity contribution in [3.05, 3.63) is 35.5 Å². The Kier molecular flexibility index (Phi) is 3.83. The second-order valence-corrected chi connectivity index (χ2v) is 5.35. The van der Waals surface area contributed by atoms with Crippen LogP contribution in [-0.2, 0) is 0 Å². The third kappa shape index (κ3) is 3.07. The van der Waals surface area contributed by atoms with E-state index in [1.165, 1.54) is 0 Å². The molecule has 1 fully saturated rings. The van der Waals surface area contributed by atoms with E-state index >= 15 is 0 Å². The van der Waals surface area contributed by atoms with Crippen LogP contribution in [0.25, 0.3) is 11.3 Å². The molecule has 0 bridgehead atoms. The average Bonchev–Trinajstić information content (AvgIpc) is 3.29. The zero-order valence-electron chi connectivity index (χ0n) is 11.3. The van der Waals surface area contributed by atoms with Crippen LogP contribution in [0.2, 0.25) is 5.15 Å². The Morgan fingerprint density at radius 1 is 1.25 bits per heavy atom. The highest BCUT2D eigenvalue weighted by Crippen LogP contribution is 2.39. The van der Waals surface area contributed by atoms with Crippen LogP contribution in [-0.4, -0.2) is 21.6 Å². The van der Waals surface area contributed by atoms with Gasteiger partial charge in [-0.25, -0.2) is 9.97 Å². The quantitative estimate of drug-likeness (QED) is 0.784. The van der Waals surface area contributed by atoms with Gasteiger partial charge in [-0.15, -0.1) is 0 Å². The Labute approximate surface area is 123 Å². The summed E-state index contributed by atoms with van der Waals surface area (Å²) < 4.78 is 5.60. The van der Waals surface area contributed by atoms with Gasteiger partial charge in [0.15, 0.2) is 0 Å². The maximum atomic E-state index is 6.09. The van der Waals surface area contributed by atoms with Crippen molar-refractivity contribution in [2.24, 2.45) is 0 Å². The minimum atomic E-state index is 0.472. The van der Waals surface area contributed by atoms with Crippen molar-refractivity contribution >= 4 is 11.6 Å². The topological polar surface area (TPSA) is 47.9 Å². The molecule has 0 unspecified atom stereocenters. The number of hydrogen-bond acceptors (Lipinski definition) is 4. The van der Waals surface area contributed by atoms with Crippen LogP contribution in [0.1, 0.15) is 37.9 Å². The van der Waals surface area contributed by atoms with Crippen molar-refractivity contribution < 1.29 is 4.74 Å². The van der Waals surface area contributed by atoms with Crippen molar-refractivity contribution in [1.29, 1.82) is 0 Å². The maximum Gasteiger partial charge on any atom is 0.138 e. The first-order valence-corrected chi connectivity index (χ1v) is 7.26. The van der Waals surface area contributed by atoms with Crippen LogP contribution in [0.3, 0.4) is 0 Å². The molecule has 4 nitrogen and oxygen atoms in total. The predicted octanol–water partition coefficient (Wildman–Crippen LogP) is 3.86. The van der Waals surface area contributed by atoms with Gasteiger partial charge in [-0.3, -0.25) is 4.98 Å². The lowest BCUT2D eigenvalue weighted by Crippen LogP contribution is -1.98. The number of hydrogen-bond donors (Lipinski definition) is 0.